The summed E-state index contributed by atoms with van der Waals surface area (Å²) in [5.41, 5.74) is -0.0734. The van der Waals surface area contributed by atoms with Gasteiger partial charge < -0.3 is 0 Å². The first-order valence-corrected chi connectivity index (χ1v) is 6.66. The third-order valence-corrected chi connectivity index (χ3v) is 3.47. The first-order chi connectivity index (χ1) is 10.2. The molecule has 0 aliphatic heterocycles. The van der Waals surface area contributed by atoms with Crippen molar-refractivity contribution in [1.29, 1.82) is 0 Å². The molecule has 7 heteroatoms. The lowest BCUT2D eigenvalue weighted by atomic mass is 10.1. The lowest BCUT2D eigenvalue weighted by Crippen LogP contribution is -2.08. The molecule has 0 bridgehead atoms. The summed E-state index contributed by atoms with van der Waals surface area (Å²) < 4.78 is 39.6. The fraction of sp³-hybridized carbons (Fsp3) is 0.200. The van der Waals surface area contributed by atoms with Gasteiger partial charge in [0, 0.05) is 18.2 Å². The van der Waals surface area contributed by atoms with E-state index in [2.05, 4.69) is 5.10 Å². The van der Waals surface area contributed by atoms with E-state index in [0.717, 1.165) is 22.4 Å². The van der Waals surface area contributed by atoms with Crippen molar-refractivity contribution in [2.45, 2.75) is 13.1 Å². The average molecular weight is 329 g/mol. The molecule has 0 radical (unpaired) electrons. The maximum absolute atomic E-state index is 12.9. The van der Waals surface area contributed by atoms with Crippen LogP contribution in [0.5, 0.6) is 0 Å². The van der Waals surface area contributed by atoms with Crippen molar-refractivity contribution >= 4 is 23.5 Å². The van der Waals surface area contributed by atoms with E-state index in [1.54, 1.807) is 24.3 Å². The minimum Gasteiger partial charge on any atom is -0.289 e. The largest absolute Gasteiger partial charge is 0.435 e. The lowest BCUT2D eigenvalue weighted by Gasteiger charge is -2.03. The number of carbonyl (C=O) groups is 1. The van der Waals surface area contributed by atoms with Gasteiger partial charge in [0.05, 0.1) is 0 Å². The Labute approximate surface area is 130 Å². The highest BCUT2D eigenvalue weighted by Crippen LogP contribution is 2.34. The Kier molecular flexibility index (Phi) is 4.42. The molecule has 2 aromatic rings. The van der Waals surface area contributed by atoms with Gasteiger partial charge >= 0.3 is 6.18 Å². The number of allylic oxidation sites excluding steroid dienone is 1. The minimum absolute atomic E-state index is 0.180. The normalized spacial score (nSPS) is 12.1. The van der Waals surface area contributed by atoms with Gasteiger partial charge in [-0.25, -0.2) is 0 Å². The van der Waals surface area contributed by atoms with Crippen LogP contribution in [0.1, 0.15) is 27.2 Å². The van der Waals surface area contributed by atoms with E-state index in [0.29, 0.717) is 5.56 Å². The Morgan fingerprint density at radius 2 is 1.86 bits per heavy atom. The number of carbonyl (C=O) groups excluding carboxylic acids is 1. The quantitative estimate of drug-likeness (QED) is 0.622. The molecule has 0 saturated heterocycles. The Hall–Kier alpha value is -2.08. The van der Waals surface area contributed by atoms with Gasteiger partial charge in [-0.2, -0.15) is 18.3 Å². The van der Waals surface area contributed by atoms with Crippen LogP contribution in [-0.4, -0.2) is 15.6 Å². The molecule has 1 heterocycles. The van der Waals surface area contributed by atoms with E-state index in [9.17, 15) is 18.0 Å². The van der Waals surface area contributed by atoms with Crippen LogP contribution in [0.4, 0.5) is 13.2 Å². The molecule has 0 saturated carbocycles. The molecule has 0 aliphatic carbocycles. The van der Waals surface area contributed by atoms with Crippen LogP contribution < -0.4 is 0 Å². The number of aromatic nitrogens is 2. The van der Waals surface area contributed by atoms with Gasteiger partial charge in [-0.3, -0.25) is 9.48 Å². The molecule has 1 aromatic carbocycles. The summed E-state index contributed by atoms with van der Waals surface area (Å²) in [6, 6.07) is 6.72. The molecule has 0 spiro atoms. The van der Waals surface area contributed by atoms with Crippen molar-refractivity contribution in [3.8, 4) is 0 Å². The summed E-state index contributed by atoms with van der Waals surface area (Å²) in [5, 5.41) is 3.16. The first kappa shape index (κ1) is 16.3. The van der Waals surface area contributed by atoms with Crippen molar-refractivity contribution in [3.05, 3.63) is 57.9 Å². The number of alkyl halides is 3. The molecule has 116 valence electrons. The Morgan fingerprint density at radius 1 is 1.27 bits per heavy atom. The van der Waals surface area contributed by atoms with Crippen LogP contribution in [0.25, 0.3) is 6.08 Å². The van der Waals surface area contributed by atoms with Gasteiger partial charge in [-0.1, -0.05) is 41.4 Å². The molecule has 3 nitrogen and oxygen atoms in total. The number of hydrogen-bond acceptors (Lipinski definition) is 2. The number of rotatable bonds is 3. The Bertz CT molecular complexity index is 730. The zero-order valence-electron chi connectivity index (χ0n) is 11.8. The average Bonchev–Trinajstić information content (AvgIpc) is 2.73. The number of benzene rings is 1. The zero-order valence-corrected chi connectivity index (χ0v) is 12.5. The summed E-state index contributed by atoms with van der Waals surface area (Å²) in [4.78, 5) is 12.0. The highest BCUT2D eigenvalue weighted by atomic mass is 35.5. The third-order valence-electron chi connectivity index (χ3n) is 3.02. The van der Waals surface area contributed by atoms with Gasteiger partial charge in [0.25, 0.3) is 0 Å². The van der Waals surface area contributed by atoms with Crippen LogP contribution in [0.3, 0.4) is 0 Å². The molecule has 0 atom stereocenters. The van der Waals surface area contributed by atoms with Crippen LogP contribution in [0.15, 0.2) is 30.3 Å². The summed E-state index contributed by atoms with van der Waals surface area (Å²) in [7, 11) is 1.30. The van der Waals surface area contributed by atoms with Crippen LogP contribution in [0, 0.1) is 6.92 Å². The smallest absolute Gasteiger partial charge is 0.289 e. The molecule has 0 fully saturated rings. The summed E-state index contributed by atoms with van der Waals surface area (Å²) in [5.74, 6) is -0.409. The molecular formula is C15H12ClF3N2O. The van der Waals surface area contributed by atoms with E-state index in [-0.39, 0.29) is 10.7 Å². The number of nitrogens with zero attached hydrogens (tertiary/aromatic N) is 2. The highest BCUT2D eigenvalue weighted by Gasteiger charge is 2.37. The van der Waals surface area contributed by atoms with Crippen LogP contribution in [-0.2, 0) is 13.2 Å². The van der Waals surface area contributed by atoms with E-state index in [4.69, 9.17) is 11.6 Å². The zero-order chi connectivity index (χ0) is 16.5. The standard InChI is InChI=1S/C15H12ClF3N2O/c1-9-3-5-10(6-4-9)12(22)8-7-11-13(15(17,18)19)20-21(2)14(11)16/h3-8H,1-2H3. The molecule has 0 amide bonds. The van der Waals surface area contributed by atoms with E-state index >= 15 is 0 Å². The maximum Gasteiger partial charge on any atom is 0.435 e. The van der Waals surface area contributed by atoms with Gasteiger partial charge in [0.2, 0.25) is 0 Å². The number of halogens is 4. The first-order valence-electron chi connectivity index (χ1n) is 6.29. The molecule has 0 N–H and O–H groups in total. The third kappa shape index (κ3) is 3.39. The van der Waals surface area contributed by atoms with Crippen molar-refractivity contribution < 1.29 is 18.0 Å². The van der Waals surface area contributed by atoms with Crippen molar-refractivity contribution in [1.82, 2.24) is 9.78 Å². The number of hydrogen-bond donors (Lipinski definition) is 0. The maximum atomic E-state index is 12.9. The van der Waals surface area contributed by atoms with Crippen LogP contribution in [0.2, 0.25) is 5.15 Å². The van der Waals surface area contributed by atoms with Crippen molar-refractivity contribution in [2.24, 2.45) is 7.05 Å². The van der Waals surface area contributed by atoms with E-state index in [1.807, 2.05) is 6.92 Å². The Morgan fingerprint density at radius 3 is 2.41 bits per heavy atom. The monoisotopic (exact) mass is 328 g/mol. The van der Waals surface area contributed by atoms with E-state index in [1.165, 1.54) is 7.05 Å². The molecule has 1 aromatic heterocycles. The Balaban J connectivity index is 2.34. The summed E-state index contributed by atoms with van der Waals surface area (Å²) in [6.45, 7) is 1.87. The van der Waals surface area contributed by atoms with Crippen molar-refractivity contribution in [3.63, 3.8) is 0 Å². The van der Waals surface area contributed by atoms with Gasteiger partial charge in [0.15, 0.2) is 11.5 Å². The predicted octanol–water partition coefficient (Wildman–Crippen LogP) is 4.30. The van der Waals surface area contributed by atoms with Crippen LogP contribution >= 0.6 is 11.6 Å². The predicted molar refractivity (Wildman–Crippen MR) is 77.8 cm³/mol. The second-order valence-corrected chi connectivity index (χ2v) is 5.10. The molecular weight excluding hydrogens is 317 g/mol. The second kappa shape index (κ2) is 5.96. The molecule has 2 rings (SSSR count). The topological polar surface area (TPSA) is 34.9 Å². The molecule has 0 unspecified atom stereocenters. The minimum atomic E-state index is -4.64. The number of aryl methyl sites for hydroxylation is 2. The van der Waals surface area contributed by atoms with Gasteiger partial charge in [0.1, 0.15) is 5.15 Å². The summed E-state index contributed by atoms with van der Waals surface area (Å²) >= 11 is 5.81. The molecule has 0 aliphatic rings. The summed E-state index contributed by atoms with van der Waals surface area (Å²) in [6.07, 6.45) is -2.54. The second-order valence-electron chi connectivity index (χ2n) is 4.74. The molecule has 22 heavy (non-hydrogen) atoms. The fourth-order valence-corrected chi connectivity index (χ4v) is 2.04. The van der Waals surface area contributed by atoms with Gasteiger partial charge in [-0.15, -0.1) is 0 Å². The lowest BCUT2D eigenvalue weighted by molar-refractivity contribution is -0.141. The van der Waals surface area contributed by atoms with Gasteiger partial charge in [-0.05, 0) is 19.1 Å². The highest BCUT2D eigenvalue weighted by molar-refractivity contribution is 6.31. The fourth-order valence-electron chi connectivity index (χ4n) is 1.85. The SMILES string of the molecule is Cc1ccc(C(=O)C=Cc2c(C(F)(F)F)nn(C)c2Cl)cc1. The van der Waals surface area contributed by atoms with E-state index < -0.39 is 17.7 Å². The number of ketones is 1. The van der Waals surface area contributed by atoms with Crippen molar-refractivity contribution in [2.75, 3.05) is 0 Å².